The maximum atomic E-state index is 12.9. The molecule has 0 aromatic heterocycles. The number of urea groups is 1. The van der Waals surface area contributed by atoms with Gasteiger partial charge < -0.3 is 4.90 Å². The molecule has 0 spiro atoms. The maximum absolute atomic E-state index is 12.9. The maximum Gasteiger partial charge on any atom is 0.335 e. The van der Waals surface area contributed by atoms with E-state index in [2.05, 4.69) is 5.32 Å². The molecule has 1 aliphatic rings. The van der Waals surface area contributed by atoms with Crippen LogP contribution in [0.3, 0.4) is 0 Å². The van der Waals surface area contributed by atoms with Gasteiger partial charge in [0.2, 0.25) is 0 Å². The second kappa shape index (κ2) is 8.32. The van der Waals surface area contributed by atoms with Gasteiger partial charge in [0.15, 0.2) is 0 Å². The van der Waals surface area contributed by atoms with Crippen LogP contribution in [0.25, 0.3) is 6.08 Å². The largest absolute Gasteiger partial charge is 0.378 e. The highest BCUT2D eigenvalue weighted by Crippen LogP contribution is 2.29. The van der Waals surface area contributed by atoms with Crippen LogP contribution < -0.4 is 15.1 Å². The summed E-state index contributed by atoms with van der Waals surface area (Å²) >= 11 is 6.11. The number of hydrogen-bond donors (Lipinski definition) is 1. The van der Waals surface area contributed by atoms with Crippen molar-refractivity contribution in [3.63, 3.8) is 0 Å². The van der Waals surface area contributed by atoms with Crippen molar-refractivity contribution in [2.45, 2.75) is 6.92 Å². The summed E-state index contributed by atoms with van der Waals surface area (Å²) in [6, 6.07) is 11.9. The first-order chi connectivity index (χ1) is 13.8. The summed E-state index contributed by atoms with van der Waals surface area (Å²) in [7, 11) is 3.91. The Labute approximate surface area is 174 Å². The second-order valence-corrected chi connectivity index (χ2v) is 7.12. The molecule has 29 heavy (non-hydrogen) atoms. The van der Waals surface area contributed by atoms with Gasteiger partial charge in [-0.25, -0.2) is 9.69 Å². The van der Waals surface area contributed by atoms with Crippen LogP contribution in [0.2, 0.25) is 5.02 Å². The van der Waals surface area contributed by atoms with Crippen LogP contribution in [0.15, 0.2) is 60.2 Å². The minimum Gasteiger partial charge on any atom is -0.378 e. The van der Waals surface area contributed by atoms with E-state index in [-0.39, 0.29) is 5.57 Å². The number of allylic oxidation sites excluding steroid dienone is 2. The van der Waals surface area contributed by atoms with Gasteiger partial charge in [-0.15, -0.1) is 0 Å². The molecule has 4 amide bonds. The van der Waals surface area contributed by atoms with Gasteiger partial charge in [-0.2, -0.15) is 0 Å². The number of carbonyl (C=O) groups excluding carboxylic acids is 3. The highest BCUT2D eigenvalue weighted by molar-refractivity contribution is 6.38. The second-order valence-electron chi connectivity index (χ2n) is 6.71. The molecule has 2 aromatic rings. The van der Waals surface area contributed by atoms with Gasteiger partial charge in [0, 0.05) is 24.8 Å². The molecule has 0 atom stereocenters. The zero-order chi connectivity index (χ0) is 21.1. The van der Waals surface area contributed by atoms with Crippen LogP contribution in [-0.2, 0) is 9.59 Å². The van der Waals surface area contributed by atoms with Gasteiger partial charge in [0.05, 0.1) is 5.69 Å². The molecule has 0 aliphatic carbocycles. The van der Waals surface area contributed by atoms with Crippen LogP contribution in [-0.4, -0.2) is 31.9 Å². The van der Waals surface area contributed by atoms with Crippen molar-refractivity contribution in [3.8, 4) is 0 Å². The predicted molar refractivity (Wildman–Crippen MR) is 115 cm³/mol. The van der Waals surface area contributed by atoms with Gasteiger partial charge in [-0.3, -0.25) is 14.9 Å². The van der Waals surface area contributed by atoms with Crippen LogP contribution in [0.4, 0.5) is 16.2 Å². The molecule has 148 valence electrons. The van der Waals surface area contributed by atoms with Crippen LogP contribution in [0, 0.1) is 6.92 Å². The Morgan fingerprint density at radius 1 is 1.03 bits per heavy atom. The monoisotopic (exact) mass is 409 g/mol. The molecule has 1 fully saturated rings. The van der Waals surface area contributed by atoms with E-state index >= 15 is 0 Å². The Morgan fingerprint density at radius 2 is 1.72 bits per heavy atom. The van der Waals surface area contributed by atoms with E-state index < -0.39 is 17.8 Å². The summed E-state index contributed by atoms with van der Waals surface area (Å²) in [5.41, 5.74) is 2.75. The minimum atomic E-state index is -0.800. The van der Waals surface area contributed by atoms with Crippen molar-refractivity contribution in [2.75, 3.05) is 23.9 Å². The highest BCUT2D eigenvalue weighted by Gasteiger charge is 2.37. The Balaban J connectivity index is 1.88. The lowest BCUT2D eigenvalue weighted by molar-refractivity contribution is -0.122. The van der Waals surface area contributed by atoms with Gasteiger partial charge in [-0.05, 0) is 48.4 Å². The number of nitrogens with one attached hydrogen (secondary N) is 1. The third kappa shape index (κ3) is 4.22. The molecule has 7 heteroatoms. The van der Waals surface area contributed by atoms with Crippen molar-refractivity contribution in [1.82, 2.24) is 5.32 Å². The molecule has 6 nitrogen and oxygen atoms in total. The first-order valence-corrected chi connectivity index (χ1v) is 9.28. The molecule has 1 N–H and O–H groups in total. The highest BCUT2D eigenvalue weighted by atomic mass is 35.5. The average molecular weight is 410 g/mol. The molecule has 0 radical (unpaired) electrons. The molecular formula is C22H20ClN3O3. The molecule has 0 saturated carbocycles. The normalized spacial score (nSPS) is 15.9. The van der Waals surface area contributed by atoms with E-state index in [9.17, 15) is 14.4 Å². The van der Waals surface area contributed by atoms with Crippen molar-refractivity contribution in [3.05, 3.63) is 76.3 Å². The number of halogens is 1. The smallest absolute Gasteiger partial charge is 0.335 e. The first kappa shape index (κ1) is 20.4. The molecular weight excluding hydrogens is 390 g/mol. The Hall–Kier alpha value is -3.38. The number of hydrogen-bond acceptors (Lipinski definition) is 4. The summed E-state index contributed by atoms with van der Waals surface area (Å²) in [5.74, 6) is -1.43. The van der Waals surface area contributed by atoms with Crippen molar-refractivity contribution >= 4 is 46.9 Å². The lowest BCUT2D eigenvalue weighted by Crippen LogP contribution is -2.54. The topological polar surface area (TPSA) is 69.7 Å². The molecule has 1 saturated heterocycles. The molecule has 1 aliphatic heterocycles. The Bertz CT molecular complexity index is 1040. The number of imide groups is 2. The fourth-order valence-corrected chi connectivity index (χ4v) is 3.04. The quantitative estimate of drug-likeness (QED) is 0.613. The van der Waals surface area contributed by atoms with Crippen LogP contribution in [0.1, 0.15) is 11.1 Å². The third-order valence-corrected chi connectivity index (χ3v) is 4.95. The van der Waals surface area contributed by atoms with E-state index in [0.717, 1.165) is 16.2 Å². The molecule has 3 rings (SSSR count). The number of anilines is 2. The number of rotatable bonds is 4. The fourth-order valence-electron chi connectivity index (χ4n) is 2.87. The SMILES string of the molecule is Cc1c(Cl)cccc1N1C(=O)NC(=O)/C(=C\C=C\c2ccc(N(C)C)cc2)C1=O. The molecule has 0 bridgehead atoms. The summed E-state index contributed by atoms with van der Waals surface area (Å²) in [4.78, 5) is 40.3. The standard InChI is InChI=1S/C22H20ClN3O3/c1-14-18(23)8-5-9-19(14)26-21(28)17(20(27)24-22(26)29)7-4-6-15-10-12-16(13-11-15)25(2)3/h4-13H,1-3H3,(H,24,27,29)/b6-4+,17-7+. The zero-order valence-corrected chi connectivity index (χ0v) is 17.0. The van der Waals surface area contributed by atoms with Gasteiger partial charge in [0.25, 0.3) is 11.8 Å². The number of carbonyl (C=O) groups is 3. The first-order valence-electron chi connectivity index (χ1n) is 8.90. The van der Waals surface area contributed by atoms with Crippen LogP contribution in [0.5, 0.6) is 0 Å². The van der Waals surface area contributed by atoms with E-state index in [4.69, 9.17) is 11.6 Å². The third-order valence-electron chi connectivity index (χ3n) is 4.54. The van der Waals surface area contributed by atoms with Crippen molar-refractivity contribution in [1.29, 1.82) is 0 Å². The van der Waals surface area contributed by atoms with Crippen molar-refractivity contribution in [2.24, 2.45) is 0 Å². The molecule has 2 aromatic carbocycles. The molecule has 1 heterocycles. The summed E-state index contributed by atoms with van der Waals surface area (Å²) in [6.45, 7) is 1.70. The van der Waals surface area contributed by atoms with Gasteiger partial charge in [0.1, 0.15) is 5.57 Å². The predicted octanol–water partition coefficient (Wildman–Crippen LogP) is 3.94. The van der Waals surface area contributed by atoms with E-state index in [1.807, 2.05) is 43.3 Å². The summed E-state index contributed by atoms with van der Waals surface area (Å²) < 4.78 is 0. The van der Waals surface area contributed by atoms with Gasteiger partial charge in [-0.1, -0.05) is 42.0 Å². The lowest BCUT2D eigenvalue weighted by Gasteiger charge is -2.27. The number of amides is 4. The summed E-state index contributed by atoms with van der Waals surface area (Å²) in [5, 5.41) is 2.62. The fraction of sp³-hybridized carbons (Fsp3) is 0.136. The Kier molecular flexibility index (Phi) is 5.84. The van der Waals surface area contributed by atoms with Crippen molar-refractivity contribution < 1.29 is 14.4 Å². The van der Waals surface area contributed by atoms with E-state index in [1.54, 1.807) is 37.3 Å². The zero-order valence-electron chi connectivity index (χ0n) is 16.3. The lowest BCUT2D eigenvalue weighted by atomic mass is 10.1. The van der Waals surface area contributed by atoms with Gasteiger partial charge >= 0.3 is 6.03 Å². The van der Waals surface area contributed by atoms with E-state index in [1.165, 1.54) is 6.08 Å². The number of benzene rings is 2. The minimum absolute atomic E-state index is 0.134. The van der Waals surface area contributed by atoms with E-state index in [0.29, 0.717) is 16.3 Å². The molecule has 0 unspecified atom stereocenters. The Morgan fingerprint density at radius 3 is 2.38 bits per heavy atom. The number of barbiturate groups is 1. The van der Waals surface area contributed by atoms with Crippen LogP contribution >= 0.6 is 11.6 Å². The number of nitrogens with zero attached hydrogens (tertiary/aromatic N) is 2. The average Bonchev–Trinajstić information content (AvgIpc) is 2.68. The summed E-state index contributed by atoms with van der Waals surface area (Å²) in [6.07, 6.45) is 4.78.